The van der Waals surface area contributed by atoms with Crippen LogP contribution in [0.1, 0.15) is 20.0 Å². The van der Waals surface area contributed by atoms with Crippen molar-refractivity contribution in [2.24, 2.45) is 0 Å². The van der Waals surface area contributed by atoms with Gasteiger partial charge in [0.1, 0.15) is 5.82 Å². The van der Waals surface area contributed by atoms with Gasteiger partial charge in [-0.15, -0.1) is 11.3 Å². The average Bonchev–Trinajstić information content (AvgIpc) is 3.21. The first-order valence-corrected chi connectivity index (χ1v) is 9.22. The molecule has 0 spiro atoms. The van der Waals surface area contributed by atoms with Crippen LogP contribution in [0.25, 0.3) is 0 Å². The molecule has 0 atom stereocenters. The van der Waals surface area contributed by atoms with Gasteiger partial charge >= 0.3 is 17.9 Å². The minimum absolute atomic E-state index is 0.0641. The zero-order chi connectivity index (χ0) is 21.5. The van der Waals surface area contributed by atoms with Crippen LogP contribution in [-0.4, -0.2) is 41.5 Å². The van der Waals surface area contributed by atoms with E-state index in [1.165, 1.54) is 49.8 Å². The van der Waals surface area contributed by atoms with Crippen LogP contribution < -0.4 is 14.8 Å². The Balaban J connectivity index is 1.52. The second kappa shape index (κ2) is 9.56. The van der Waals surface area contributed by atoms with Crippen molar-refractivity contribution in [2.45, 2.75) is 0 Å². The molecule has 0 bridgehead atoms. The van der Waals surface area contributed by atoms with Crippen molar-refractivity contribution >= 4 is 34.9 Å². The number of thiophene rings is 1. The van der Waals surface area contributed by atoms with Crippen LogP contribution in [0.2, 0.25) is 0 Å². The lowest BCUT2D eigenvalue weighted by Gasteiger charge is -2.07. The fourth-order valence-electron chi connectivity index (χ4n) is 2.14. The molecule has 3 rings (SSSR count). The second-order valence-corrected chi connectivity index (χ2v) is 6.50. The Morgan fingerprint density at radius 3 is 2.47 bits per heavy atom. The zero-order valence-electron chi connectivity index (χ0n) is 15.5. The number of ether oxygens (including phenoxy) is 3. The molecule has 2 aromatic heterocycles. The number of aromatic nitrogens is 2. The van der Waals surface area contributed by atoms with Crippen LogP contribution in [0.15, 0.2) is 48.1 Å². The molecule has 0 aliphatic heterocycles. The third kappa shape index (κ3) is 5.35. The van der Waals surface area contributed by atoms with Crippen LogP contribution in [0.3, 0.4) is 0 Å². The number of esters is 2. The number of nitrogens with zero attached hydrogens (tertiary/aromatic N) is 2. The number of carbonyl (C=O) groups excluding carboxylic acids is 3. The summed E-state index contributed by atoms with van der Waals surface area (Å²) in [4.78, 5) is 43.5. The van der Waals surface area contributed by atoms with Gasteiger partial charge in [0.05, 0.1) is 12.7 Å². The van der Waals surface area contributed by atoms with Crippen molar-refractivity contribution in [1.82, 2.24) is 9.97 Å². The number of benzene rings is 1. The van der Waals surface area contributed by atoms with Crippen molar-refractivity contribution in [3.8, 4) is 11.8 Å². The van der Waals surface area contributed by atoms with Crippen molar-refractivity contribution < 1.29 is 33.0 Å². The van der Waals surface area contributed by atoms with Gasteiger partial charge in [0, 0.05) is 18.1 Å². The van der Waals surface area contributed by atoms with Gasteiger partial charge in [-0.1, -0.05) is 0 Å². The Kier molecular flexibility index (Phi) is 6.65. The highest BCUT2D eigenvalue weighted by molar-refractivity contribution is 7.12. The maximum Gasteiger partial charge on any atom is 0.351 e. The summed E-state index contributed by atoms with van der Waals surface area (Å²) >= 11 is 1.07. The van der Waals surface area contributed by atoms with Crippen molar-refractivity contribution in [3.05, 3.63) is 64.4 Å². The highest BCUT2D eigenvalue weighted by atomic mass is 32.1. The van der Waals surface area contributed by atoms with Crippen LogP contribution in [0.4, 0.5) is 10.1 Å². The number of nitrogens with one attached hydrogen (secondary N) is 1. The van der Waals surface area contributed by atoms with E-state index in [0.717, 1.165) is 11.3 Å². The van der Waals surface area contributed by atoms with Gasteiger partial charge in [0.15, 0.2) is 17.2 Å². The molecule has 0 unspecified atom stereocenters. The van der Waals surface area contributed by atoms with Crippen LogP contribution in [-0.2, 0) is 9.53 Å². The summed E-state index contributed by atoms with van der Waals surface area (Å²) in [5.41, 5.74) is 0.541. The Bertz CT molecular complexity index is 1050. The van der Waals surface area contributed by atoms with E-state index < -0.39 is 30.3 Å². The normalized spacial score (nSPS) is 10.2. The van der Waals surface area contributed by atoms with E-state index >= 15 is 0 Å². The first kappa shape index (κ1) is 20.9. The number of hydrogen-bond acceptors (Lipinski definition) is 9. The van der Waals surface area contributed by atoms with Crippen LogP contribution in [0.5, 0.6) is 11.8 Å². The van der Waals surface area contributed by atoms with Crippen LogP contribution in [0, 0.1) is 5.82 Å². The van der Waals surface area contributed by atoms with E-state index in [4.69, 9.17) is 9.47 Å². The third-order valence-corrected chi connectivity index (χ3v) is 4.41. The third-order valence-electron chi connectivity index (χ3n) is 3.54. The first-order chi connectivity index (χ1) is 14.5. The SMILES string of the molecule is COC(=O)c1sccc1OC(=O)COc1ncc(C(=O)Nc2ccc(F)cc2)cn1. The average molecular weight is 431 g/mol. The highest BCUT2D eigenvalue weighted by Gasteiger charge is 2.18. The largest absolute Gasteiger partial charge is 0.465 e. The smallest absolute Gasteiger partial charge is 0.351 e. The topological polar surface area (TPSA) is 117 Å². The molecule has 2 heterocycles. The molecule has 0 saturated heterocycles. The van der Waals surface area contributed by atoms with E-state index in [9.17, 15) is 18.8 Å². The monoisotopic (exact) mass is 431 g/mol. The Labute approximate surface area is 173 Å². The summed E-state index contributed by atoms with van der Waals surface area (Å²) in [5.74, 6) is -2.25. The Morgan fingerprint density at radius 2 is 1.80 bits per heavy atom. The summed E-state index contributed by atoms with van der Waals surface area (Å²) in [6.45, 7) is -0.516. The number of halogens is 1. The van der Waals surface area contributed by atoms with E-state index in [1.807, 2.05) is 0 Å². The van der Waals surface area contributed by atoms with E-state index in [-0.39, 0.29) is 22.2 Å². The second-order valence-electron chi connectivity index (χ2n) is 5.58. The predicted molar refractivity (Wildman–Crippen MR) is 103 cm³/mol. The summed E-state index contributed by atoms with van der Waals surface area (Å²) in [5, 5.41) is 4.14. The molecule has 3 aromatic rings. The molecular formula is C19H14FN3O6S. The molecule has 1 amide bonds. The molecule has 11 heteroatoms. The molecule has 0 aliphatic rings. The number of hydrogen-bond donors (Lipinski definition) is 1. The summed E-state index contributed by atoms with van der Waals surface area (Å²) in [6.07, 6.45) is 2.42. The van der Waals surface area contributed by atoms with Gasteiger partial charge in [-0.2, -0.15) is 0 Å². The number of rotatable bonds is 7. The number of amides is 1. The number of methoxy groups -OCH3 is 1. The van der Waals surface area contributed by atoms with E-state index in [1.54, 1.807) is 5.38 Å². The molecular weight excluding hydrogens is 417 g/mol. The quantitative estimate of drug-likeness (QED) is 0.568. The molecule has 154 valence electrons. The molecule has 1 N–H and O–H groups in total. The van der Waals surface area contributed by atoms with Crippen molar-refractivity contribution in [2.75, 3.05) is 19.0 Å². The standard InChI is InChI=1S/C19H14FN3O6S/c1-27-18(26)16-14(6-7-30-16)29-15(24)10-28-19-21-8-11(9-22-19)17(25)23-13-4-2-12(20)3-5-13/h2-9H,10H2,1H3,(H,23,25). The fraction of sp³-hybridized carbons (Fsp3) is 0.105. The summed E-state index contributed by atoms with van der Waals surface area (Å²) in [7, 11) is 1.22. The molecule has 30 heavy (non-hydrogen) atoms. The van der Waals surface area contributed by atoms with Gasteiger partial charge in [0.2, 0.25) is 0 Å². The lowest BCUT2D eigenvalue weighted by Crippen LogP contribution is -2.19. The van der Waals surface area contributed by atoms with Gasteiger partial charge in [-0.3, -0.25) is 4.79 Å². The molecule has 0 radical (unpaired) electrons. The minimum atomic E-state index is -0.778. The molecule has 1 aromatic carbocycles. The fourth-order valence-corrected chi connectivity index (χ4v) is 2.87. The van der Waals surface area contributed by atoms with Gasteiger partial charge < -0.3 is 19.5 Å². The van der Waals surface area contributed by atoms with Gasteiger partial charge in [-0.25, -0.2) is 23.9 Å². The van der Waals surface area contributed by atoms with Gasteiger partial charge in [-0.05, 0) is 35.7 Å². The summed E-state index contributed by atoms with van der Waals surface area (Å²) < 4.78 is 27.7. The van der Waals surface area contributed by atoms with E-state index in [0.29, 0.717) is 5.69 Å². The van der Waals surface area contributed by atoms with E-state index in [2.05, 4.69) is 20.0 Å². The molecule has 0 saturated carbocycles. The van der Waals surface area contributed by atoms with Crippen LogP contribution >= 0.6 is 11.3 Å². The molecule has 9 nitrogen and oxygen atoms in total. The lowest BCUT2D eigenvalue weighted by molar-refractivity contribution is -0.136. The lowest BCUT2D eigenvalue weighted by atomic mass is 10.2. The maximum atomic E-state index is 12.9. The molecule has 0 fully saturated rings. The minimum Gasteiger partial charge on any atom is -0.465 e. The first-order valence-electron chi connectivity index (χ1n) is 8.34. The van der Waals surface area contributed by atoms with Crippen molar-refractivity contribution in [1.29, 1.82) is 0 Å². The van der Waals surface area contributed by atoms with Gasteiger partial charge in [0.25, 0.3) is 5.91 Å². The number of anilines is 1. The highest BCUT2D eigenvalue weighted by Crippen LogP contribution is 2.25. The number of carbonyl (C=O) groups is 3. The maximum absolute atomic E-state index is 12.9. The predicted octanol–water partition coefficient (Wildman–Crippen LogP) is 2.70. The zero-order valence-corrected chi connectivity index (χ0v) is 16.3. The molecule has 0 aliphatic carbocycles. The Morgan fingerprint density at radius 1 is 1.10 bits per heavy atom. The van der Waals surface area contributed by atoms with Crippen molar-refractivity contribution in [3.63, 3.8) is 0 Å². The summed E-state index contributed by atoms with van der Waals surface area (Å²) in [6, 6.07) is 6.56. The Hall–Kier alpha value is -3.86.